The van der Waals surface area contributed by atoms with E-state index in [2.05, 4.69) is 9.97 Å². The summed E-state index contributed by atoms with van der Waals surface area (Å²) in [5, 5.41) is 2.92. The number of rotatable bonds is 3. The molecule has 1 aromatic carbocycles. The third-order valence-corrected chi connectivity index (χ3v) is 3.91. The molecule has 0 aliphatic rings. The van der Waals surface area contributed by atoms with Crippen LogP contribution in [0.25, 0.3) is 11.0 Å². The van der Waals surface area contributed by atoms with Gasteiger partial charge >= 0.3 is 0 Å². The second-order valence-electron chi connectivity index (χ2n) is 4.46. The summed E-state index contributed by atoms with van der Waals surface area (Å²) < 4.78 is 28.7. The smallest absolute Gasteiger partial charge is 0.201 e. The molecule has 0 bridgehead atoms. The van der Waals surface area contributed by atoms with Crippen molar-refractivity contribution in [2.45, 2.75) is 19.9 Å². The molecule has 0 fully saturated rings. The molecule has 0 aliphatic heterocycles. The van der Waals surface area contributed by atoms with Crippen LogP contribution in [0, 0.1) is 18.6 Å². The highest BCUT2D eigenvalue weighted by Gasteiger charge is 2.16. The summed E-state index contributed by atoms with van der Waals surface area (Å²) in [5.74, 6) is -1.64. The minimum atomic E-state index is -0.916. The zero-order chi connectivity index (χ0) is 14.3. The number of hydrogen-bond donors (Lipinski definition) is 1. The molecule has 4 nitrogen and oxygen atoms in total. The van der Waals surface area contributed by atoms with Crippen LogP contribution in [-0.4, -0.2) is 14.5 Å². The molecule has 20 heavy (non-hydrogen) atoms. The molecule has 0 atom stereocenters. The first kappa shape index (κ1) is 13.0. The minimum Gasteiger partial charge on any atom is -0.369 e. The van der Waals surface area contributed by atoms with E-state index in [0.29, 0.717) is 18.5 Å². The van der Waals surface area contributed by atoms with Crippen LogP contribution < -0.4 is 5.73 Å². The summed E-state index contributed by atoms with van der Waals surface area (Å²) in [6.07, 6.45) is 0.593. The van der Waals surface area contributed by atoms with Crippen molar-refractivity contribution in [1.82, 2.24) is 14.5 Å². The quantitative estimate of drug-likeness (QED) is 0.808. The van der Waals surface area contributed by atoms with Gasteiger partial charge in [-0.25, -0.2) is 18.7 Å². The van der Waals surface area contributed by atoms with Gasteiger partial charge in [-0.05, 0) is 19.1 Å². The summed E-state index contributed by atoms with van der Waals surface area (Å²) in [5.41, 5.74) is 7.16. The Balaban J connectivity index is 1.98. The summed E-state index contributed by atoms with van der Waals surface area (Å²) in [6, 6.07) is 2.48. The number of hydrogen-bond acceptors (Lipinski definition) is 4. The number of fused-ring (bicyclic) bond motifs is 1. The first-order chi connectivity index (χ1) is 9.56. The number of nitrogens with two attached hydrogens (primary N) is 1. The van der Waals surface area contributed by atoms with Gasteiger partial charge in [0, 0.05) is 18.3 Å². The van der Waals surface area contributed by atoms with Crippen LogP contribution in [-0.2, 0) is 13.0 Å². The van der Waals surface area contributed by atoms with Crippen molar-refractivity contribution >= 4 is 28.3 Å². The topological polar surface area (TPSA) is 56.7 Å². The Morgan fingerprint density at radius 3 is 2.80 bits per heavy atom. The van der Waals surface area contributed by atoms with Crippen LogP contribution in [0.1, 0.15) is 10.7 Å². The van der Waals surface area contributed by atoms with Gasteiger partial charge in [0.05, 0.1) is 16.2 Å². The fourth-order valence-corrected chi connectivity index (χ4v) is 2.80. The molecule has 104 valence electrons. The first-order valence-corrected chi connectivity index (χ1v) is 6.95. The lowest BCUT2D eigenvalue weighted by molar-refractivity contribution is 0.511. The summed E-state index contributed by atoms with van der Waals surface area (Å²) in [4.78, 5) is 8.38. The van der Waals surface area contributed by atoms with E-state index >= 15 is 0 Å². The molecule has 3 rings (SSSR count). The largest absolute Gasteiger partial charge is 0.369 e. The summed E-state index contributed by atoms with van der Waals surface area (Å²) in [6.45, 7) is 2.33. The number of benzene rings is 1. The van der Waals surface area contributed by atoms with E-state index < -0.39 is 11.6 Å². The Morgan fingerprint density at radius 1 is 1.30 bits per heavy atom. The highest BCUT2D eigenvalue weighted by atomic mass is 32.1. The number of aryl methyl sites for hydroxylation is 3. The van der Waals surface area contributed by atoms with E-state index in [-0.39, 0.29) is 11.5 Å². The Hall–Kier alpha value is -2.02. The highest BCUT2D eigenvalue weighted by molar-refractivity contribution is 7.09. The van der Waals surface area contributed by atoms with E-state index in [1.165, 1.54) is 10.6 Å². The van der Waals surface area contributed by atoms with Crippen molar-refractivity contribution in [3.63, 3.8) is 0 Å². The average molecular weight is 294 g/mol. The normalized spacial score (nSPS) is 11.3. The van der Waals surface area contributed by atoms with Gasteiger partial charge < -0.3 is 10.3 Å². The van der Waals surface area contributed by atoms with Crippen LogP contribution in [0.5, 0.6) is 0 Å². The number of nitrogen functional groups attached to an aromatic ring is 1. The molecule has 7 heteroatoms. The number of thiazole rings is 1. The van der Waals surface area contributed by atoms with Gasteiger partial charge in [0.1, 0.15) is 5.52 Å². The molecular formula is C13H12F2N4S. The molecule has 0 spiro atoms. The van der Waals surface area contributed by atoms with E-state index in [1.54, 1.807) is 11.3 Å². The average Bonchev–Trinajstić information content (AvgIpc) is 2.95. The Morgan fingerprint density at radius 2 is 2.10 bits per heavy atom. The molecule has 2 aromatic heterocycles. The predicted octanol–water partition coefficient (Wildman–Crippen LogP) is 2.90. The molecule has 2 N–H and O–H groups in total. The van der Waals surface area contributed by atoms with Crippen molar-refractivity contribution < 1.29 is 8.78 Å². The SMILES string of the molecule is Cc1nc(CCn2c(N)nc3ccc(F)c(F)c32)cs1. The van der Waals surface area contributed by atoms with Gasteiger partial charge in [0.25, 0.3) is 0 Å². The zero-order valence-electron chi connectivity index (χ0n) is 10.7. The first-order valence-electron chi connectivity index (χ1n) is 6.07. The molecule has 0 radical (unpaired) electrons. The van der Waals surface area contributed by atoms with Crippen molar-refractivity contribution in [2.75, 3.05) is 5.73 Å². The maximum absolute atomic E-state index is 13.9. The lowest BCUT2D eigenvalue weighted by Crippen LogP contribution is -2.07. The predicted molar refractivity (Wildman–Crippen MR) is 74.6 cm³/mol. The van der Waals surface area contributed by atoms with Gasteiger partial charge in [-0.15, -0.1) is 11.3 Å². The maximum atomic E-state index is 13.9. The molecule has 3 aromatic rings. The minimum absolute atomic E-state index is 0.106. The third-order valence-electron chi connectivity index (χ3n) is 3.09. The molecular weight excluding hydrogens is 282 g/mol. The number of imidazole rings is 1. The fraction of sp³-hybridized carbons (Fsp3) is 0.231. The van der Waals surface area contributed by atoms with Crippen LogP contribution in [0.15, 0.2) is 17.5 Å². The Kier molecular flexibility index (Phi) is 3.13. The summed E-state index contributed by atoms with van der Waals surface area (Å²) in [7, 11) is 0. The molecule has 0 saturated carbocycles. The Bertz CT molecular complexity index is 778. The third kappa shape index (κ3) is 2.14. The maximum Gasteiger partial charge on any atom is 0.201 e. The van der Waals surface area contributed by atoms with Gasteiger partial charge in [-0.1, -0.05) is 0 Å². The molecule has 0 aliphatic carbocycles. The second kappa shape index (κ2) is 4.82. The molecule has 0 amide bonds. The van der Waals surface area contributed by atoms with Gasteiger partial charge in [-0.2, -0.15) is 0 Å². The van der Waals surface area contributed by atoms with Crippen LogP contribution in [0.3, 0.4) is 0 Å². The van der Waals surface area contributed by atoms with Gasteiger partial charge in [-0.3, -0.25) is 0 Å². The fourth-order valence-electron chi connectivity index (χ4n) is 2.15. The zero-order valence-corrected chi connectivity index (χ0v) is 11.5. The second-order valence-corrected chi connectivity index (χ2v) is 5.52. The number of halogens is 2. The number of anilines is 1. The van der Waals surface area contributed by atoms with Crippen molar-refractivity contribution in [3.05, 3.63) is 39.8 Å². The number of aromatic nitrogens is 3. The van der Waals surface area contributed by atoms with E-state index in [0.717, 1.165) is 16.8 Å². The van der Waals surface area contributed by atoms with Crippen LogP contribution >= 0.6 is 11.3 Å². The van der Waals surface area contributed by atoms with Crippen molar-refractivity contribution in [3.8, 4) is 0 Å². The lowest BCUT2D eigenvalue weighted by atomic mass is 10.2. The van der Waals surface area contributed by atoms with E-state index in [9.17, 15) is 8.78 Å². The van der Waals surface area contributed by atoms with Crippen molar-refractivity contribution in [1.29, 1.82) is 0 Å². The van der Waals surface area contributed by atoms with E-state index in [4.69, 9.17) is 5.73 Å². The number of nitrogens with zero attached hydrogens (tertiary/aromatic N) is 3. The molecule has 0 saturated heterocycles. The summed E-state index contributed by atoms with van der Waals surface area (Å²) >= 11 is 1.55. The standard InChI is InChI=1S/C13H12F2N4S/c1-7-17-8(6-20-7)4-5-19-12-10(18-13(19)16)3-2-9(14)11(12)15/h2-3,6H,4-5H2,1H3,(H2,16,18). The van der Waals surface area contributed by atoms with E-state index in [1.807, 2.05) is 12.3 Å². The highest BCUT2D eigenvalue weighted by Crippen LogP contribution is 2.23. The van der Waals surface area contributed by atoms with Gasteiger partial charge in [0.2, 0.25) is 5.95 Å². The van der Waals surface area contributed by atoms with Crippen molar-refractivity contribution in [2.24, 2.45) is 0 Å². The monoisotopic (exact) mass is 294 g/mol. The Labute approximate surface area is 117 Å². The van der Waals surface area contributed by atoms with Gasteiger partial charge in [0.15, 0.2) is 11.6 Å². The lowest BCUT2D eigenvalue weighted by Gasteiger charge is -2.06. The molecule has 2 heterocycles. The van der Waals surface area contributed by atoms with Crippen LogP contribution in [0.2, 0.25) is 0 Å². The molecule has 0 unspecified atom stereocenters. The van der Waals surface area contributed by atoms with Crippen LogP contribution in [0.4, 0.5) is 14.7 Å².